The molecule has 1 fully saturated rings. The molecule has 0 spiro atoms. The molecule has 1 rings (SSSR count). The molecule has 0 saturated heterocycles. The summed E-state index contributed by atoms with van der Waals surface area (Å²) in [6.45, 7) is 1.26. The maximum absolute atomic E-state index is 8.71. The molecule has 0 bridgehead atoms. The van der Waals surface area contributed by atoms with Gasteiger partial charge in [-0.15, -0.1) is 0 Å². The van der Waals surface area contributed by atoms with Gasteiger partial charge in [-0.25, -0.2) is 0 Å². The van der Waals surface area contributed by atoms with Crippen LogP contribution in [0.5, 0.6) is 0 Å². The summed E-state index contributed by atoms with van der Waals surface area (Å²) in [5.41, 5.74) is 0. The van der Waals surface area contributed by atoms with E-state index in [-0.39, 0.29) is 0 Å². The Morgan fingerprint density at radius 1 is 1.36 bits per heavy atom. The van der Waals surface area contributed by atoms with Crippen molar-refractivity contribution >= 4 is 0 Å². The van der Waals surface area contributed by atoms with E-state index in [2.05, 4.69) is 0 Å². The zero-order valence-corrected chi connectivity index (χ0v) is 7.25. The summed E-state index contributed by atoms with van der Waals surface area (Å²) in [4.78, 5) is 0. The monoisotopic (exact) mass is 158 g/mol. The zero-order valence-electron chi connectivity index (χ0n) is 7.25. The molecular formula is C9H18O2. The second-order valence-electron chi connectivity index (χ2n) is 3.51. The lowest BCUT2D eigenvalue weighted by molar-refractivity contribution is 0.151. The van der Waals surface area contributed by atoms with E-state index in [0.717, 1.165) is 24.9 Å². The number of ether oxygens (including phenoxy) is 1. The third-order valence-corrected chi connectivity index (χ3v) is 2.59. The van der Waals surface area contributed by atoms with Gasteiger partial charge in [0.25, 0.3) is 0 Å². The SMILES string of the molecule is COCC1CCC(CCO)C1. The Labute approximate surface area is 68.6 Å². The summed E-state index contributed by atoms with van der Waals surface area (Å²) in [7, 11) is 1.76. The first-order valence-corrected chi connectivity index (χ1v) is 4.46. The molecule has 2 nitrogen and oxygen atoms in total. The standard InChI is InChI=1S/C9H18O2/c1-11-7-9-3-2-8(6-9)4-5-10/h8-10H,2-7H2,1H3. The molecule has 1 aliphatic rings. The number of hydrogen-bond acceptors (Lipinski definition) is 2. The molecule has 66 valence electrons. The highest BCUT2D eigenvalue weighted by Gasteiger charge is 2.23. The van der Waals surface area contributed by atoms with Crippen molar-refractivity contribution in [1.29, 1.82) is 0 Å². The van der Waals surface area contributed by atoms with Crippen LogP contribution < -0.4 is 0 Å². The Bertz CT molecular complexity index is 91.7. The van der Waals surface area contributed by atoms with Crippen molar-refractivity contribution in [2.75, 3.05) is 20.3 Å². The van der Waals surface area contributed by atoms with E-state index >= 15 is 0 Å². The molecule has 0 aromatic rings. The minimum Gasteiger partial charge on any atom is -0.396 e. The van der Waals surface area contributed by atoms with Crippen LogP contribution in [0.2, 0.25) is 0 Å². The van der Waals surface area contributed by atoms with Crippen molar-refractivity contribution < 1.29 is 9.84 Å². The third kappa shape index (κ3) is 2.80. The summed E-state index contributed by atoms with van der Waals surface area (Å²) >= 11 is 0. The van der Waals surface area contributed by atoms with Crippen molar-refractivity contribution in [3.8, 4) is 0 Å². The average Bonchev–Trinajstić information content (AvgIpc) is 2.38. The maximum atomic E-state index is 8.71. The normalized spacial score (nSPS) is 31.1. The summed E-state index contributed by atoms with van der Waals surface area (Å²) < 4.78 is 5.09. The van der Waals surface area contributed by atoms with Gasteiger partial charge in [0.1, 0.15) is 0 Å². The van der Waals surface area contributed by atoms with Crippen LogP contribution in [0.25, 0.3) is 0 Å². The molecule has 2 heteroatoms. The fourth-order valence-corrected chi connectivity index (χ4v) is 2.01. The van der Waals surface area contributed by atoms with Gasteiger partial charge in [-0.3, -0.25) is 0 Å². The first kappa shape index (κ1) is 9.01. The average molecular weight is 158 g/mol. The van der Waals surface area contributed by atoms with Crippen molar-refractivity contribution in [2.24, 2.45) is 11.8 Å². The molecule has 0 aromatic carbocycles. The van der Waals surface area contributed by atoms with Gasteiger partial charge in [-0.2, -0.15) is 0 Å². The molecule has 0 aromatic heterocycles. The lowest BCUT2D eigenvalue weighted by Crippen LogP contribution is -2.04. The molecule has 0 amide bonds. The Balaban J connectivity index is 2.12. The summed E-state index contributed by atoms with van der Waals surface area (Å²) in [6, 6.07) is 0. The highest BCUT2D eigenvalue weighted by atomic mass is 16.5. The van der Waals surface area contributed by atoms with Gasteiger partial charge in [0, 0.05) is 20.3 Å². The molecular weight excluding hydrogens is 140 g/mol. The lowest BCUT2D eigenvalue weighted by atomic mass is 10.0. The molecule has 2 unspecified atom stereocenters. The van der Waals surface area contributed by atoms with Crippen LogP contribution in [0.4, 0.5) is 0 Å². The fourth-order valence-electron chi connectivity index (χ4n) is 2.01. The minimum absolute atomic E-state index is 0.352. The van der Waals surface area contributed by atoms with E-state index in [4.69, 9.17) is 9.84 Å². The highest BCUT2D eigenvalue weighted by Crippen LogP contribution is 2.32. The Kier molecular flexibility index (Phi) is 3.87. The number of methoxy groups -OCH3 is 1. The van der Waals surface area contributed by atoms with Gasteiger partial charge in [0.05, 0.1) is 0 Å². The topological polar surface area (TPSA) is 29.5 Å². The van der Waals surface area contributed by atoms with E-state index in [1.807, 2.05) is 0 Å². The first-order chi connectivity index (χ1) is 5.36. The van der Waals surface area contributed by atoms with Crippen molar-refractivity contribution in [1.82, 2.24) is 0 Å². The van der Waals surface area contributed by atoms with Crippen molar-refractivity contribution in [3.05, 3.63) is 0 Å². The number of rotatable bonds is 4. The van der Waals surface area contributed by atoms with E-state index in [1.54, 1.807) is 7.11 Å². The smallest absolute Gasteiger partial charge is 0.0490 e. The number of aliphatic hydroxyl groups is 1. The van der Waals surface area contributed by atoms with Crippen LogP contribution in [0.1, 0.15) is 25.7 Å². The summed E-state index contributed by atoms with van der Waals surface area (Å²) in [5, 5.41) is 8.71. The summed E-state index contributed by atoms with van der Waals surface area (Å²) in [5.74, 6) is 1.52. The van der Waals surface area contributed by atoms with E-state index < -0.39 is 0 Å². The van der Waals surface area contributed by atoms with Crippen LogP contribution in [0.3, 0.4) is 0 Å². The molecule has 1 aliphatic carbocycles. The van der Waals surface area contributed by atoms with Gasteiger partial charge in [0.15, 0.2) is 0 Å². The van der Waals surface area contributed by atoms with E-state index in [1.165, 1.54) is 19.3 Å². The third-order valence-electron chi connectivity index (χ3n) is 2.59. The predicted octanol–water partition coefficient (Wildman–Crippen LogP) is 1.43. The number of aliphatic hydroxyl groups excluding tert-OH is 1. The minimum atomic E-state index is 0.352. The van der Waals surface area contributed by atoms with Crippen LogP contribution in [0, 0.1) is 11.8 Å². The fraction of sp³-hybridized carbons (Fsp3) is 1.00. The van der Waals surface area contributed by atoms with Crippen molar-refractivity contribution in [3.63, 3.8) is 0 Å². The van der Waals surface area contributed by atoms with Crippen LogP contribution in [0.15, 0.2) is 0 Å². The predicted molar refractivity (Wildman–Crippen MR) is 44.4 cm³/mol. The molecule has 0 radical (unpaired) electrons. The quantitative estimate of drug-likeness (QED) is 0.670. The van der Waals surface area contributed by atoms with Crippen LogP contribution >= 0.6 is 0 Å². The van der Waals surface area contributed by atoms with Gasteiger partial charge >= 0.3 is 0 Å². The lowest BCUT2D eigenvalue weighted by Gasteiger charge is -2.08. The zero-order chi connectivity index (χ0) is 8.10. The first-order valence-electron chi connectivity index (χ1n) is 4.46. The molecule has 0 heterocycles. The molecule has 1 saturated carbocycles. The Morgan fingerprint density at radius 3 is 2.73 bits per heavy atom. The van der Waals surface area contributed by atoms with Gasteiger partial charge in [0.2, 0.25) is 0 Å². The summed E-state index contributed by atoms with van der Waals surface area (Å²) in [6.07, 6.45) is 4.82. The Hall–Kier alpha value is -0.0800. The van der Waals surface area contributed by atoms with Gasteiger partial charge in [-0.1, -0.05) is 6.42 Å². The van der Waals surface area contributed by atoms with Crippen molar-refractivity contribution in [2.45, 2.75) is 25.7 Å². The van der Waals surface area contributed by atoms with Gasteiger partial charge < -0.3 is 9.84 Å². The van der Waals surface area contributed by atoms with Gasteiger partial charge in [-0.05, 0) is 31.1 Å². The highest BCUT2D eigenvalue weighted by molar-refractivity contribution is 4.74. The van der Waals surface area contributed by atoms with Crippen LogP contribution in [-0.2, 0) is 4.74 Å². The second kappa shape index (κ2) is 4.73. The molecule has 0 aliphatic heterocycles. The Morgan fingerprint density at radius 2 is 2.09 bits per heavy atom. The molecule has 11 heavy (non-hydrogen) atoms. The molecule has 1 N–H and O–H groups in total. The maximum Gasteiger partial charge on any atom is 0.0490 e. The van der Waals surface area contributed by atoms with E-state index in [9.17, 15) is 0 Å². The van der Waals surface area contributed by atoms with E-state index in [0.29, 0.717) is 6.61 Å². The van der Waals surface area contributed by atoms with Crippen LogP contribution in [-0.4, -0.2) is 25.4 Å². The molecule has 2 atom stereocenters. The second-order valence-corrected chi connectivity index (χ2v) is 3.51. The largest absolute Gasteiger partial charge is 0.396 e. The number of hydrogen-bond donors (Lipinski definition) is 1.